The van der Waals surface area contributed by atoms with Crippen LogP contribution in [0.5, 0.6) is 0 Å². The first-order valence-electron chi connectivity index (χ1n) is 5.40. The topological polar surface area (TPSA) is 56.3 Å². The predicted molar refractivity (Wildman–Crippen MR) is 61.6 cm³/mol. The number of β-amino-alcohol motifs (C(OH)–C–C–N with tert-alkyl or cyclic N) is 1. The third kappa shape index (κ3) is 2.08. The lowest BCUT2D eigenvalue weighted by Crippen LogP contribution is -2.63. The number of rotatable bonds is 3. The zero-order chi connectivity index (χ0) is 11.8. The van der Waals surface area contributed by atoms with E-state index in [1.165, 1.54) is 0 Å². The summed E-state index contributed by atoms with van der Waals surface area (Å²) in [6, 6.07) is 1.60. The zero-order valence-electron chi connectivity index (χ0n) is 9.16. The van der Waals surface area contributed by atoms with Crippen molar-refractivity contribution in [2.75, 3.05) is 13.1 Å². The first kappa shape index (κ1) is 11.5. The molecular weight excluding hydrogens is 228 g/mol. The van der Waals surface area contributed by atoms with Crippen molar-refractivity contribution in [2.45, 2.75) is 25.4 Å². The highest BCUT2D eigenvalue weighted by atomic mass is 35.5. The Balaban J connectivity index is 1.95. The molecule has 2 heterocycles. The lowest BCUT2D eigenvalue weighted by molar-refractivity contribution is -0.0861. The van der Waals surface area contributed by atoms with E-state index >= 15 is 0 Å². The summed E-state index contributed by atoms with van der Waals surface area (Å²) in [5.74, 6) is -0.104. The molecule has 2 rings (SSSR count). The van der Waals surface area contributed by atoms with Crippen LogP contribution < -0.4 is 0 Å². The van der Waals surface area contributed by atoms with Crippen molar-refractivity contribution in [2.24, 2.45) is 0 Å². The average molecular weight is 243 g/mol. The SMILES string of the molecule is CCCC1(O)CN(C(=O)c2cc(Cl)c[nH]2)C1. The molecule has 0 unspecified atom stereocenters. The van der Waals surface area contributed by atoms with Crippen molar-refractivity contribution >= 4 is 17.5 Å². The van der Waals surface area contributed by atoms with Crippen LogP contribution in [0.1, 0.15) is 30.3 Å². The maximum absolute atomic E-state index is 11.9. The summed E-state index contributed by atoms with van der Waals surface area (Å²) in [5.41, 5.74) is -0.204. The Morgan fingerprint density at radius 2 is 2.38 bits per heavy atom. The van der Waals surface area contributed by atoms with Crippen LogP contribution in [-0.4, -0.2) is 39.6 Å². The van der Waals surface area contributed by atoms with Crippen LogP contribution in [0.25, 0.3) is 0 Å². The molecule has 1 aliphatic rings. The smallest absolute Gasteiger partial charge is 0.270 e. The molecule has 4 nitrogen and oxygen atoms in total. The number of amides is 1. The second-order valence-electron chi connectivity index (χ2n) is 4.37. The van der Waals surface area contributed by atoms with E-state index in [1.54, 1.807) is 17.2 Å². The van der Waals surface area contributed by atoms with Gasteiger partial charge in [-0.1, -0.05) is 24.9 Å². The van der Waals surface area contributed by atoms with Crippen LogP contribution in [0, 0.1) is 0 Å². The van der Waals surface area contributed by atoms with Crippen LogP contribution in [0.4, 0.5) is 0 Å². The molecule has 0 atom stereocenters. The molecule has 0 saturated carbocycles. The fraction of sp³-hybridized carbons (Fsp3) is 0.545. The van der Waals surface area contributed by atoms with E-state index in [0.717, 1.165) is 12.8 Å². The zero-order valence-corrected chi connectivity index (χ0v) is 9.92. The van der Waals surface area contributed by atoms with E-state index in [1.807, 2.05) is 6.92 Å². The normalized spacial score (nSPS) is 18.3. The molecule has 0 aliphatic carbocycles. The minimum absolute atomic E-state index is 0.104. The summed E-state index contributed by atoms with van der Waals surface area (Å²) in [5, 5.41) is 10.5. The van der Waals surface area contributed by atoms with Crippen LogP contribution in [0.3, 0.4) is 0 Å². The first-order chi connectivity index (χ1) is 7.54. The Morgan fingerprint density at radius 1 is 1.69 bits per heavy atom. The number of aliphatic hydroxyl groups is 1. The Labute approximate surface area is 99.2 Å². The van der Waals surface area contributed by atoms with Gasteiger partial charge in [-0.05, 0) is 12.5 Å². The number of likely N-dealkylation sites (tertiary alicyclic amines) is 1. The quantitative estimate of drug-likeness (QED) is 0.847. The van der Waals surface area contributed by atoms with Gasteiger partial charge in [0.25, 0.3) is 5.91 Å². The lowest BCUT2D eigenvalue weighted by Gasteiger charge is -2.46. The molecule has 5 heteroatoms. The summed E-state index contributed by atoms with van der Waals surface area (Å²) in [6.07, 6.45) is 3.24. The third-order valence-electron chi connectivity index (χ3n) is 2.85. The van der Waals surface area contributed by atoms with Crippen LogP contribution in [-0.2, 0) is 0 Å². The molecule has 1 amide bonds. The number of hydrogen-bond acceptors (Lipinski definition) is 2. The number of carbonyl (C=O) groups excluding carboxylic acids is 1. The van der Waals surface area contributed by atoms with Crippen LogP contribution in [0.2, 0.25) is 5.02 Å². The van der Waals surface area contributed by atoms with Crippen molar-refractivity contribution in [1.29, 1.82) is 0 Å². The number of H-pyrrole nitrogens is 1. The van der Waals surface area contributed by atoms with E-state index in [-0.39, 0.29) is 5.91 Å². The molecule has 16 heavy (non-hydrogen) atoms. The highest BCUT2D eigenvalue weighted by molar-refractivity contribution is 6.30. The number of nitrogens with one attached hydrogen (secondary N) is 1. The predicted octanol–water partition coefficient (Wildman–Crippen LogP) is 1.66. The summed E-state index contributed by atoms with van der Waals surface area (Å²) in [4.78, 5) is 16.3. The van der Waals surface area contributed by atoms with E-state index in [0.29, 0.717) is 23.8 Å². The maximum Gasteiger partial charge on any atom is 0.270 e. The molecule has 1 fully saturated rings. The van der Waals surface area contributed by atoms with Gasteiger partial charge >= 0.3 is 0 Å². The van der Waals surface area contributed by atoms with Crippen molar-refractivity contribution in [3.8, 4) is 0 Å². The Hall–Kier alpha value is -1.00. The fourth-order valence-corrected chi connectivity index (χ4v) is 2.26. The number of aromatic nitrogens is 1. The molecule has 0 bridgehead atoms. The Kier molecular flexibility index (Phi) is 2.95. The van der Waals surface area contributed by atoms with Gasteiger partial charge in [-0.25, -0.2) is 0 Å². The summed E-state index contributed by atoms with van der Waals surface area (Å²) in [6.45, 7) is 2.85. The summed E-state index contributed by atoms with van der Waals surface area (Å²) in [7, 11) is 0. The second kappa shape index (κ2) is 4.11. The molecule has 1 aromatic rings. The molecule has 2 N–H and O–H groups in total. The lowest BCUT2D eigenvalue weighted by atomic mass is 9.89. The van der Waals surface area contributed by atoms with Gasteiger partial charge in [0.05, 0.1) is 23.7 Å². The maximum atomic E-state index is 11.9. The Morgan fingerprint density at radius 3 is 2.88 bits per heavy atom. The van der Waals surface area contributed by atoms with Crippen molar-refractivity contribution < 1.29 is 9.90 Å². The first-order valence-corrected chi connectivity index (χ1v) is 5.77. The highest BCUT2D eigenvalue weighted by Crippen LogP contribution is 2.27. The van der Waals surface area contributed by atoms with Crippen molar-refractivity contribution in [3.63, 3.8) is 0 Å². The van der Waals surface area contributed by atoms with Gasteiger partial charge in [-0.2, -0.15) is 0 Å². The van der Waals surface area contributed by atoms with Gasteiger partial charge in [-0.15, -0.1) is 0 Å². The van der Waals surface area contributed by atoms with Crippen LogP contribution >= 0.6 is 11.6 Å². The minimum atomic E-state index is -0.680. The van der Waals surface area contributed by atoms with Gasteiger partial charge in [0.1, 0.15) is 5.69 Å². The molecule has 0 spiro atoms. The standard InChI is InChI=1S/C11H15ClN2O2/c1-2-3-11(16)6-14(7-11)10(15)9-4-8(12)5-13-9/h4-5,13,16H,2-3,6-7H2,1H3. The molecule has 1 aliphatic heterocycles. The highest BCUT2D eigenvalue weighted by Gasteiger charge is 2.43. The number of aromatic amines is 1. The fourth-order valence-electron chi connectivity index (χ4n) is 2.09. The van der Waals surface area contributed by atoms with Crippen molar-refractivity contribution in [3.05, 3.63) is 23.0 Å². The Bertz CT molecular complexity index is 396. The van der Waals surface area contributed by atoms with Gasteiger partial charge in [0.2, 0.25) is 0 Å². The van der Waals surface area contributed by atoms with Gasteiger partial charge in [0.15, 0.2) is 0 Å². The molecular formula is C11H15ClN2O2. The van der Waals surface area contributed by atoms with E-state index in [4.69, 9.17) is 11.6 Å². The third-order valence-corrected chi connectivity index (χ3v) is 3.07. The van der Waals surface area contributed by atoms with Gasteiger partial charge in [-0.3, -0.25) is 4.79 Å². The second-order valence-corrected chi connectivity index (χ2v) is 4.80. The van der Waals surface area contributed by atoms with E-state index in [2.05, 4.69) is 4.98 Å². The van der Waals surface area contributed by atoms with E-state index in [9.17, 15) is 9.90 Å². The summed E-state index contributed by atoms with van der Waals surface area (Å²) < 4.78 is 0. The number of hydrogen-bond donors (Lipinski definition) is 2. The molecule has 1 saturated heterocycles. The minimum Gasteiger partial charge on any atom is -0.386 e. The number of carbonyl (C=O) groups is 1. The van der Waals surface area contributed by atoms with Crippen molar-refractivity contribution in [1.82, 2.24) is 9.88 Å². The summed E-state index contributed by atoms with van der Waals surface area (Å²) >= 11 is 5.72. The number of halogens is 1. The van der Waals surface area contributed by atoms with Gasteiger partial charge < -0.3 is 15.0 Å². The molecule has 88 valence electrons. The molecule has 0 radical (unpaired) electrons. The average Bonchev–Trinajstić information content (AvgIpc) is 2.60. The number of nitrogens with zero attached hydrogens (tertiary/aromatic N) is 1. The van der Waals surface area contributed by atoms with Gasteiger partial charge in [0, 0.05) is 6.20 Å². The largest absolute Gasteiger partial charge is 0.386 e. The van der Waals surface area contributed by atoms with E-state index < -0.39 is 5.60 Å². The van der Waals surface area contributed by atoms with Crippen LogP contribution in [0.15, 0.2) is 12.3 Å². The monoisotopic (exact) mass is 242 g/mol. The molecule has 1 aromatic heterocycles. The molecule has 0 aromatic carbocycles.